The summed E-state index contributed by atoms with van der Waals surface area (Å²) in [6, 6.07) is 0. The van der Waals surface area contributed by atoms with E-state index >= 15 is 0 Å². The summed E-state index contributed by atoms with van der Waals surface area (Å²) in [6.45, 7) is 6.65. The maximum absolute atomic E-state index is 5.44. The molecule has 1 aliphatic heterocycles. The summed E-state index contributed by atoms with van der Waals surface area (Å²) >= 11 is 0. The van der Waals surface area contributed by atoms with E-state index < -0.39 is 0 Å². The Morgan fingerprint density at radius 3 is 2.80 bits per heavy atom. The number of aromatic nitrogens is 4. The molecule has 7 heteroatoms. The highest BCUT2D eigenvalue weighted by Gasteiger charge is 2.29. The van der Waals surface area contributed by atoms with Gasteiger partial charge in [0.2, 0.25) is 5.95 Å². The number of aromatic amines is 1. The summed E-state index contributed by atoms with van der Waals surface area (Å²) in [5.41, 5.74) is 3.69. The Morgan fingerprint density at radius 1 is 1.40 bits per heavy atom. The summed E-state index contributed by atoms with van der Waals surface area (Å²) in [6.07, 6.45) is 5.36. The lowest BCUT2D eigenvalue weighted by molar-refractivity contribution is 0.238. The largest absolute Gasteiger partial charge is 0.356 e. The van der Waals surface area contributed by atoms with Gasteiger partial charge >= 0.3 is 0 Å². The van der Waals surface area contributed by atoms with Crippen molar-refractivity contribution < 1.29 is 0 Å². The van der Waals surface area contributed by atoms with Gasteiger partial charge in [0.15, 0.2) is 5.65 Å². The molecule has 2 aromatic rings. The standard InChI is InChI=1S/C13H21N7/c1-3-13(2)4-6-20(7-5-13)11-9-8-15-19-10(9)16-12(17-11)18-14/h8H,3-7,14H2,1-2H3,(H2,15,16,17,18,19). The Balaban J connectivity index is 1.92. The number of fused-ring (bicyclic) bond motifs is 1. The fourth-order valence-electron chi connectivity index (χ4n) is 2.74. The lowest BCUT2D eigenvalue weighted by Gasteiger charge is -2.39. The first-order valence-electron chi connectivity index (χ1n) is 7.08. The van der Waals surface area contributed by atoms with Crippen LogP contribution in [0.2, 0.25) is 0 Å². The van der Waals surface area contributed by atoms with Crippen LogP contribution in [0.1, 0.15) is 33.1 Å². The third kappa shape index (κ3) is 2.18. The number of hydrogen-bond donors (Lipinski definition) is 3. The normalized spacial score (nSPS) is 18.4. The third-order valence-corrected chi connectivity index (χ3v) is 4.54. The molecule has 0 amide bonds. The maximum atomic E-state index is 5.44. The SMILES string of the molecule is CCC1(C)CCN(c2nc(NN)nc3[nH]ncc23)CC1. The van der Waals surface area contributed by atoms with E-state index in [-0.39, 0.29) is 0 Å². The van der Waals surface area contributed by atoms with Crippen LogP contribution in [-0.2, 0) is 0 Å². The molecule has 2 aromatic heterocycles. The van der Waals surface area contributed by atoms with Crippen LogP contribution in [0.3, 0.4) is 0 Å². The average Bonchev–Trinajstić information content (AvgIpc) is 2.95. The van der Waals surface area contributed by atoms with Gasteiger partial charge in [-0.1, -0.05) is 20.3 Å². The molecule has 3 rings (SSSR count). The number of H-pyrrole nitrogens is 1. The number of hydrogen-bond acceptors (Lipinski definition) is 6. The zero-order chi connectivity index (χ0) is 14.2. The quantitative estimate of drug-likeness (QED) is 0.582. The highest BCUT2D eigenvalue weighted by atomic mass is 15.3. The smallest absolute Gasteiger partial charge is 0.241 e. The van der Waals surface area contributed by atoms with Crippen molar-refractivity contribution in [3.63, 3.8) is 0 Å². The molecule has 1 saturated heterocycles. The van der Waals surface area contributed by atoms with Crippen molar-refractivity contribution in [3.8, 4) is 0 Å². The zero-order valence-corrected chi connectivity index (χ0v) is 12.0. The van der Waals surface area contributed by atoms with Gasteiger partial charge in [0, 0.05) is 13.1 Å². The second-order valence-corrected chi connectivity index (χ2v) is 5.80. The molecule has 4 N–H and O–H groups in total. The Morgan fingerprint density at radius 2 is 2.15 bits per heavy atom. The molecule has 20 heavy (non-hydrogen) atoms. The number of nitrogens with two attached hydrogens (primary N) is 1. The minimum Gasteiger partial charge on any atom is -0.356 e. The highest BCUT2D eigenvalue weighted by Crippen LogP contribution is 2.36. The lowest BCUT2D eigenvalue weighted by atomic mass is 9.78. The first-order chi connectivity index (χ1) is 9.65. The summed E-state index contributed by atoms with van der Waals surface area (Å²) in [7, 11) is 0. The molecule has 7 nitrogen and oxygen atoms in total. The van der Waals surface area contributed by atoms with Gasteiger partial charge in [-0.25, -0.2) is 5.84 Å². The fraction of sp³-hybridized carbons (Fsp3) is 0.615. The fourth-order valence-corrected chi connectivity index (χ4v) is 2.74. The molecule has 0 unspecified atom stereocenters. The Labute approximate surface area is 117 Å². The van der Waals surface area contributed by atoms with E-state index in [1.807, 2.05) is 0 Å². The van der Waals surface area contributed by atoms with Crippen molar-refractivity contribution in [2.45, 2.75) is 33.1 Å². The van der Waals surface area contributed by atoms with Gasteiger partial charge < -0.3 is 4.90 Å². The second-order valence-electron chi connectivity index (χ2n) is 5.80. The lowest BCUT2D eigenvalue weighted by Crippen LogP contribution is -2.39. The summed E-state index contributed by atoms with van der Waals surface area (Å²) in [4.78, 5) is 11.1. The second kappa shape index (κ2) is 4.90. The van der Waals surface area contributed by atoms with Gasteiger partial charge in [-0.3, -0.25) is 10.5 Å². The predicted molar refractivity (Wildman–Crippen MR) is 79.3 cm³/mol. The van der Waals surface area contributed by atoms with E-state index in [1.165, 1.54) is 19.3 Å². The molecule has 0 bridgehead atoms. The van der Waals surface area contributed by atoms with Crippen LogP contribution < -0.4 is 16.2 Å². The van der Waals surface area contributed by atoms with Gasteiger partial charge in [-0.15, -0.1) is 0 Å². The number of nitrogen functional groups attached to an aromatic ring is 1. The van der Waals surface area contributed by atoms with Crippen molar-refractivity contribution in [1.29, 1.82) is 0 Å². The molecule has 0 spiro atoms. The molecule has 1 fully saturated rings. The van der Waals surface area contributed by atoms with Crippen molar-refractivity contribution >= 4 is 22.8 Å². The molecular weight excluding hydrogens is 254 g/mol. The summed E-state index contributed by atoms with van der Waals surface area (Å²) < 4.78 is 0. The Hall–Kier alpha value is -1.89. The van der Waals surface area contributed by atoms with Crippen molar-refractivity contribution in [2.75, 3.05) is 23.4 Å². The number of rotatable bonds is 3. The van der Waals surface area contributed by atoms with Crippen LogP contribution in [0, 0.1) is 5.41 Å². The van der Waals surface area contributed by atoms with E-state index in [4.69, 9.17) is 5.84 Å². The predicted octanol–water partition coefficient (Wildman–Crippen LogP) is 1.65. The molecule has 108 valence electrons. The third-order valence-electron chi connectivity index (χ3n) is 4.54. The molecule has 1 aliphatic rings. The van der Waals surface area contributed by atoms with Crippen LogP contribution in [0.15, 0.2) is 6.20 Å². The Bertz CT molecular complexity index is 598. The molecule has 0 atom stereocenters. The molecule has 0 radical (unpaired) electrons. The van der Waals surface area contributed by atoms with Crippen LogP contribution in [0.5, 0.6) is 0 Å². The van der Waals surface area contributed by atoms with E-state index in [9.17, 15) is 0 Å². The van der Waals surface area contributed by atoms with Gasteiger partial charge in [0.25, 0.3) is 0 Å². The van der Waals surface area contributed by atoms with E-state index in [0.29, 0.717) is 17.0 Å². The molecule has 3 heterocycles. The molecule has 0 saturated carbocycles. The number of hydrazine groups is 1. The maximum Gasteiger partial charge on any atom is 0.241 e. The van der Waals surface area contributed by atoms with E-state index in [0.717, 1.165) is 24.3 Å². The monoisotopic (exact) mass is 275 g/mol. The van der Waals surface area contributed by atoms with Gasteiger partial charge in [0.05, 0.1) is 11.6 Å². The van der Waals surface area contributed by atoms with Crippen molar-refractivity contribution in [2.24, 2.45) is 11.3 Å². The van der Waals surface area contributed by atoms with Crippen LogP contribution in [-0.4, -0.2) is 33.3 Å². The first kappa shape index (κ1) is 13.1. The number of anilines is 2. The highest BCUT2D eigenvalue weighted by molar-refractivity contribution is 5.87. The first-order valence-corrected chi connectivity index (χ1v) is 7.08. The van der Waals surface area contributed by atoms with Crippen molar-refractivity contribution in [1.82, 2.24) is 20.2 Å². The molecule has 0 aliphatic carbocycles. The number of piperidine rings is 1. The van der Waals surface area contributed by atoms with Crippen molar-refractivity contribution in [3.05, 3.63) is 6.20 Å². The minimum absolute atomic E-state index is 0.417. The summed E-state index contributed by atoms with van der Waals surface area (Å²) in [5, 5.41) is 7.88. The van der Waals surface area contributed by atoms with Crippen LogP contribution in [0.4, 0.5) is 11.8 Å². The van der Waals surface area contributed by atoms with Gasteiger partial charge in [0.1, 0.15) is 5.82 Å². The topological polar surface area (TPSA) is 95.8 Å². The van der Waals surface area contributed by atoms with E-state index in [1.54, 1.807) is 6.20 Å². The Kier molecular flexibility index (Phi) is 3.21. The number of nitrogens with one attached hydrogen (secondary N) is 2. The van der Waals surface area contributed by atoms with Crippen LogP contribution >= 0.6 is 0 Å². The zero-order valence-electron chi connectivity index (χ0n) is 12.0. The van der Waals surface area contributed by atoms with Gasteiger partial charge in [-0.2, -0.15) is 15.1 Å². The molecular formula is C13H21N7. The van der Waals surface area contributed by atoms with E-state index in [2.05, 4.69) is 44.3 Å². The van der Waals surface area contributed by atoms with Crippen LogP contribution in [0.25, 0.3) is 11.0 Å². The molecule has 0 aromatic carbocycles. The van der Waals surface area contributed by atoms with Gasteiger partial charge in [-0.05, 0) is 18.3 Å². The average molecular weight is 275 g/mol. The minimum atomic E-state index is 0.417. The number of nitrogens with zero attached hydrogens (tertiary/aromatic N) is 4. The summed E-state index contributed by atoms with van der Waals surface area (Å²) in [5.74, 6) is 6.77.